The largest absolute Gasteiger partial charge is 0.354 e. The molecular weight excluding hydrogens is 164 g/mol. The molecule has 1 amide bonds. The van der Waals surface area contributed by atoms with E-state index in [1.807, 2.05) is 0 Å². The molecule has 0 spiro atoms. The quantitative estimate of drug-likeness (QED) is 0.464. The molecule has 0 heterocycles. The van der Waals surface area contributed by atoms with E-state index in [4.69, 9.17) is 0 Å². The second kappa shape index (κ2) is 9.08. The third kappa shape index (κ3) is 8.90. The van der Waals surface area contributed by atoms with Gasteiger partial charge in [-0.2, -0.15) is 0 Å². The molecular formula is C10H18N2O. The van der Waals surface area contributed by atoms with E-state index in [0.717, 1.165) is 19.4 Å². The Kier molecular flexibility index (Phi) is 8.38. The lowest BCUT2D eigenvalue weighted by atomic mass is 10.4. The van der Waals surface area contributed by atoms with Crippen LogP contribution in [0, 0.1) is 11.8 Å². The minimum absolute atomic E-state index is 0.0475. The maximum absolute atomic E-state index is 11.1. The summed E-state index contributed by atoms with van der Waals surface area (Å²) in [6.07, 6.45) is 1.78. The van der Waals surface area contributed by atoms with Gasteiger partial charge in [-0.25, -0.2) is 0 Å². The molecule has 0 aliphatic heterocycles. The van der Waals surface area contributed by atoms with Crippen LogP contribution in [0.5, 0.6) is 0 Å². The fourth-order valence-corrected chi connectivity index (χ4v) is 0.831. The smallest absolute Gasteiger partial charge is 0.233 e. The first-order chi connectivity index (χ1) is 6.31. The molecule has 0 aromatic heterocycles. The molecule has 0 aliphatic carbocycles. The minimum Gasteiger partial charge on any atom is -0.354 e. The van der Waals surface area contributed by atoms with Crippen LogP contribution in [0.2, 0.25) is 0 Å². The summed E-state index contributed by atoms with van der Waals surface area (Å²) < 4.78 is 0. The van der Waals surface area contributed by atoms with E-state index >= 15 is 0 Å². The van der Waals surface area contributed by atoms with Crippen LogP contribution in [-0.4, -0.2) is 25.5 Å². The zero-order valence-electron chi connectivity index (χ0n) is 8.44. The molecule has 0 bridgehead atoms. The third-order valence-corrected chi connectivity index (χ3v) is 1.46. The lowest BCUT2D eigenvalue weighted by Gasteiger charge is -2.03. The second-order valence-electron chi connectivity index (χ2n) is 2.70. The van der Waals surface area contributed by atoms with Crippen molar-refractivity contribution in [2.75, 3.05) is 19.6 Å². The molecule has 0 unspecified atom stereocenters. The minimum atomic E-state index is 0.0475. The van der Waals surface area contributed by atoms with Gasteiger partial charge in [0.05, 0.1) is 6.54 Å². The van der Waals surface area contributed by atoms with Crippen LogP contribution in [0.1, 0.15) is 26.7 Å². The van der Waals surface area contributed by atoms with E-state index in [1.165, 1.54) is 0 Å². The monoisotopic (exact) mass is 182 g/mol. The van der Waals surface area contributed by atoms with Crippen LogP contribution in [0.15, 0.2) is 0 Å². The summed E-state index contributed by atoms with van der Waals surface area (Å²) in [5, 5.41) is 5.80. The van der Waals surface area contributed by atoms with Crippen molar-refractivity contribution < 1.29 is 4.79 Å². The Bertz CT molecular complexity index is 191. The highest BCUT2D eigenvalue weighted by molar-refractivity contribution is 5.77. The van der Waals surface area contributed by atoms with Crippen molar-refractivity contribution in [1.82, 2.24) is 10.6 Å². The molecule has 0 aromatic carbocycles. The van der Waals surface area contributed by atoms with Crippen LogP contribution in [0.25, 0.3) is 0 Å². The average molecular weight is 182 g/mol. The van der Waals surface area contributed by atoms with Gasteiger partial charge in [0, 0.05) is 13.0 Å². The molecule has 0 aliphatic rings. The molecule has 74 valence electrons. The van der Waals surface area contributed by atoms with Crippen molar-refractivity contribution >= 4 is 5.91 Å². The van der Waals surface area contributed by atoms with Crippen molar-refractivity contribution in [3.05, 3.63) is 0 Å². The average Bonchev–Trinajstić information content (AvgIpc) is 2.13. The predicted octanol–water partition coefficient (Wildman–Crippen LogP) is 0.516. The Morgan fingerprint density at radius 2 is 2.15 bits per heavy atom. The van der Waals surface area contributed by atoms with Gasteiger partial charge in [-0.1, -0.05) is 6.92 Å². The number of rotatable bonds is 6. The zero-order chi connectivity index (χ0) is 9.94. The highest BCUT2D eigenvalue weighted by atomic mass is 16.1. The SMILES string of the molecule is CC#CCCNC(=O)CNCCC. The van der Waals surface area contributed by atoms with Crippen LogP contribution in [0.4, 0.5) is 0 Å². The number of carbonyl (C=O) groups is 1. The van der Waals surface area contributed by atoms with E-state index in [-0.39, 0.29) is 5.91 Å². The molecule has 0 saturated heterocycles. The summed E-state index contributed by atoms with van der Waals surface area (Å²) in [6.45, 7) is 5.81. The maximum atomic E-state index is 11.1. The molecule has 0 radical (unpaired) electrons. The van der Waals surface area contributed by atoms with E-state index in [9.17, 15) is 4.79 Å². The number of carbonyl (C=O) groups excluding carboxylic acids is 1. The summed E-state index contributed by atoms with van der Waals surface area (Å²) in [5.41, 5.74) is 0. The van der Waals surface area contributed by atoms with Crippen LogP contribution in [-0.2, 0) is 4.79 Å². The Balaban J connectivity index is 3.23. The van der Waals surface area contributed by atoms with Gasteiger partial charge >= 0.3 is 0 Å². The third-order valence-electron chi connectivity index (χ3n) is 1.46. The van der Waals surface area contributed by atoms with Gasteiger partial charge in [-0.05, 0) is 19.9 Å². The molecule has 3 heteroatoms. The lowest BCUT2D eigenvalue weighted by Crippen LogP contribution is -2.34. The molecule has 3 nitrogen and oxygen atoms in total. The van der Waals surface area contributed by atoms with Crippen molar-refractivity contribution in [3.8, 4) is 11.8 Å². The molecule has 13 heavy (non-hydrogen) atoms. The van der Waals surface area contributed by atoms with Crippen molar-refractivity contribution in [1.29, 1.82) is 0 Å². The highest BCUT2D eigenvalue weighted by Gasteiger charge is 1.96. The van der Waals surface area contributed by atoms with E-state index in [2.05, 4.69) is 29.4 Å². The van der Waals surface area contributed by atoms with Gasteiger partial charge < -0.3 is 10.6 Å². The van der Waals surface area contributed by atoms with Gasteiger partial charge in [-0.15, -0.1) is 11.8 Å². The normalized spacial score (nSPS) is 8.77. The summed E-state index contributed by atoms with van der Waals surface area (Å²) in [6, 6.07) is 0. The first kappa shape index (κ1) is 12.0. The second-order valence-corrected chi connectivity index (χ2v) is 2.70. The summed E-state index contributed by atoms with van der Waals surface area (Å²) in [5.74, 6) is 5.71. The van der Waals surface area contributed by atoms with E-state index in [0.29, 0.717) is 13.1 Å². The van der Waals surface area contributed by atoms with Gasteiger partial charge in [0.2, 0.25) is 5.91 Å². The number of amides is 1. The topological polar surface area (TPSA) is 41.1 Å². The fraction of sp³-hybridized carbons (Fsp3) is 0.700. The van der Waals surface area contributed by atoms with Crippen molar-refractivity contribution in [2.45, 2.75) is 26.7 Å². The summed E-state index contributed by atoms with van der Waals surface area (Å²) in [4.78, 5) is 11.1. The van der Waals surface area contributed by atoms with Gasteiger partial charge in [0.25, 0.3) is 0 Å². The Hall–Kier alpha value is -1.01. The lowest BCUT2D eigenvalue weighted by molar-refractivity contribution is -0.120. The van der Waals surface area contributed by atoms with E-state index < -0.39 is 0 Å². The number of nitrogens with one attached hydrogen (secondary N) is 2. The predicted molar refractivity (Wildman–Crippen MR) is 54.2 cm³/mol. The number of hydrogen-bond donors (Lipinski definition) is 2. The number of hydrogen-bond acceptors (Lipinski definition) is 2. The standard InChI is InChI=1S/C10H18N2O/c1-3-5-6-8-12-10(13)9-11-7-4-2/h11H,4,6-9H2,1-2H3,(H,12,13). The van der Waals surface area contributed by atoms with Gasteiger partial charge in [0.15, 0.2) is 0 Å². The van der Waals surface area contributed by atoms with Crippen LogP contribution in [0.3, 0.4) is 0 Å². The molecule has 2 N–H and O–H groups in total. The maximum Gasteiger partial charge on any atom is 0.233 e. The van der Waals surface area contributed by atoms with Crippen molar-refractivity contribution in [3.63, 3.8) is 0 Å². The molecule has 0 rings (SSSR count). The highest BCUT2D eigenvalue weighted by Crippen LogP contribution is 1.73. The summed E-state index contributed by atoms with van der Waals surface area (Å²) in [7, 11) is 0. The summed E-state index contributed by atoms with van der Waals surface area (Å²) >= 11 is 0. The molecule has 0 aromatic rings. The first-order valence-electron chi connectivity index (χ1n) is 4.68. The molecule has 0 fully saturated rings. The Morgan fingerprint density at radius 1 is 1.38 bits per heavy atom. The Morgan fingerprint density at radius 3 is 2.77 bits per heavy atom. The zero-order valence-corrected chi connectivity index (χ0v) is 8.44. The van der Waals surface area contributed by atoms with Gasteiger partial charge in [0.1, 0.15) is 0 Å². The first-order valence-corrected chi connectivity index (χ1v) is 4.68. The van der Waals surface area contributed by atoms with Crippen LogP contribution >= 0.6 is 0 Å². The Labute approximate surface area is 80.3 Å². The van der Waals surface area contributed by atoms with E-state index in [1.54, 1.807) is 6.92 Å². The molecule has 0 atom stereocenters. The van der Waals surface area contributed by atoms with Crippen molar-refractivity contribution in [2.24, 2.45) is 0 Å². The van der Waals surface area contributed by atoms with Gasteiger partial charge in [-0.3, -0.25) is 4.79 Å². The fourth-order valence-electron chi connectivity index (χ4n) is 0.831. The molecule has 0 saturated carbocycles. The van der Waals surface area contributed by atoms with Crippen LogP contribution < -0.4 is 10.6 Å².